The van der Waals surface area contributed by atoms with Crippen LogP contribution in [0.2, 0.25) is 0 Å². The molecule has 1 aliphatic heterocycles. The first kappa shape index (κ1) is 13.3. The van der Waals surface area contributed by atoms with E-state index in [1.807, 2.05) is 11.8 Å². The van der Waals surface area contributed by atoms with Crippen LogP contribution < -0.4 is 0 Å². The Hall–Kier alpha value is -1.73. The minimum absolute atomic E-state index is 1.01. The van der Waals surface area contributed by atoms with Gasteiger partial charge in [0, 0.05) is 10.6 Å². The third-order valence-corrected chi connectivity index (χ3v) is 4.54. The molecule has 2 aromatic rings. The summed E-state index contributed by atoms with van der Waals surface area (Å²) in [6.45, 7) is 2.15. The summed E-state index contributed by atoms with van der Waals surface area (Å²) in [5, 5.41) is 0. The zero-order chi connectivity index (χ0) is 13.8. The van der Waals surface area contributed by atoms with E-state index >= 15 is 0 Å². The number of hydrogen-bond acceptors (Lipinski definition) is 1. The molecule has 0 radical (unpaired) electrons. The lowest BCUT2D eigenvalue weighted by Crippen LogP contribution is -1.84. The molecule has 0 fully saturated rings. The number of rotatable bonds is 1. The van der Waals surface area contributed by atoms with Crippen LogP contribution in [-0.2, 0) is 6.42 Å². The minimum atomic E-state index is 1.01. The van der Waals surface area contributed by atoms with Crippen LogP contribution in [0.5, 0.6) is 0 Å². The van der Waals surface area contributed by atoms with E-state index < -0.39 is 0 Å². The normalized spacial score (nSPS) is 14.8. The van der Waals surface area contributed by atoms with Gasteiger partial charge >= 0.3 is 0 Å². The van der Waals surface area contributed by atoms with E-state index in [0.29, 0.717) is 0 Å². The van der Waals surface area contributed by atoms with E-state index in [1.165, 1.54) is 27.2 Å². The molecule has 1 aliphatic rings. The van der Waals surface area contributed by atoms with Crippen LogP contribution in [0.1, 0.15) is 16.7 Å². The molecule has 100 valence electrons. The van der Waals surface area contributed by atoms with Crippen molar-refractivity contribution in [2.75, 3.05) is 5.75 Å². The van der Waals surface area contributed by atoms with Gasteiger partial charge < -0.3 is 0 Å². The van der Waals surface area contributed by atoms with Crippen LogP contribution in [0.15, 0.2) is 71.7 Å². The van der Waals surface area contributed by atoms with Gasteiger partial charge in [-0.05, 0) is 36.1 Å². The Kier molecular flexibility index (Phi) is 4.08. The second-order valence-electron chi connectivity index (χ2n) is 5.05. The summed E-state index contributed by atoms with van der Waals surface area (Å²) in [5.41, 5.74) is 5.38. The summed E-state index contributed by atoms with van der Waals surface area (Å²) in [6, 6.07) is 17.4. The molecule has 0 nitrogen and oxygen atoms in total. The average Bonchev–Trinajstić information content (AvgIpc) is 2.57. The highest BCUT2D eigenvalue weighted by atomic mass is 32.2. The summed E-state index contributed by atoms with van der Waals surface area (Å²) in [6.07, 6.45) is 7.88. The topological polar surface area (TPSA) is 0 Å². The van der Waals surface area contributed by atoms with E-state index in [2.05, 4.69) is 73.7 Å². The molecule has 0 aromatic heterocycles. The predicted molar refractivity (Wildman–Crippen MR) is 89.2 cm³/mol. The number of hydrogen-bond donors (Lipinski definition) is 0. The third-order valence-electron chi connectivity index (χ3n) is 3.50. The van der Waals surface area contributed by atoms with Crippen molar-refractivity contribution in [2.24, 2.45) is 0 Å². The highest BCUT2D eigenvalue weighted by Gasteiger charge is 2.04. The van der Waals surface area contributed by atoms with Crippen LogP contribution in [0.3, 0.4) is 0 Å². The summed E-state index contributed by atoms with van der Waals surface area (Å²) in [4.78, 5) is 1.40. The molecule has 0 N–H and O–H groups in total. The van der Waals surface area contributed by atoms with E-state index in [4.69, 9.17) is 0 Å². The van der Waals surface area contributed by atoms with Crippen molar-refractivity contribution < 1.29 is 0 Å². The first-order valence-corrected chi connectivity index (χ1v) is 7.96. The van der Waals surface area contributed by atoms with Crippen LogP contribution in [0.4, 0.5) is 0 Å². The Morgan fingerprint density at radius 3 is 2.80 bits per heavy atom. The lowest BCUT2D eigenvalue weighted by molar-refractivity contribution is 1.18. The zero-order valence-corrected chi connectivity index (χ0v) is 12.5. The fourth-order valence-corrected chi connectivity index (χ4v) is 3.41. The summed E-state index contributed by atoms with van der Waals surface area (Å²) in [7, 11) is 0. The van der Waals surface area contributed by atoms with Gasteiger partial charge in [0.2, 0.25) is 0 Å². The maximum Gasteiger partial charge on any atom is 0.0170 e. The van der Waals surface area contributed by atoms with Crippen LogP contribution in [0.25, 0.3) is 5.57 Å². The fourth-order valence-electron chi connectivity index (χ4n) is 2.45. The van der Waals surface area contributed by atoms with E-state index in [-0.39, 0.29) is 0 Å². The summed E-state index contributed by atoms with van der Waals surface area (Å²) < 4.78 is 0. The van der Waals surface area contributed by atoms with E-state index in [1.54, 1.807) is 0 Å². The van der Waals surface area contributed by atoms with Crippen molar-refractivity contribution in [3.8, 4) is 0 Å². The van der Waals surface area contributed by atoms with Crippen molar-refractivity contribution in [3.05, 3.63) is 83.4 Å². The molecule has 20 heavy (non-hydrogen) atoms. The van der Waals surface area contributed by atoms with Crippen molar-refractivity contribution in [2.45, 2.75) is 18.2 Å². The maximum atomic E-state index is 2.33. The predicted octanol–water partition coefficient (Wildman–Crippen LogP) is 5.28. The van der Waals surface area contributed by atoms with Gasteiger partial charge in [-0.25, -0.2) is 0 Å². The molecule has 1 heteroatoms. The minimum Gasteiger partial charge on any atom is -0.122 e. The van der Waals surface area contributed by atoms with Gasteiger partial charge in [0.1, 0.15) is 0 Å². The molecule has 0 unspecified atom stereocenters. The molecule has 0 spiro atoms. The molecule has 3 rings (SSSR count). The van der Waals surface area contributed by atoms with Gasteiger partial charge in [0.25, 0.3) is 0 Å². The molecule has 0 amide bonds. The SMILES string of the molecule is Cc1cccc(C2=CCSc3ccccc3CC=C2)c1. The van der Waals surface area contributed by atoms with Crippen molar-refractivity contribution in [1.29, 1.82) is 0 Å². The number of thioether (sulfide) groups is 1. The zero-order valence-electron chi connectivity index (χ0n) is 11.7. The third kappa shape index (κ3) is 3.05. The first-order chi connectivity index (χ1) is 9.83. The van der Waals surface area contributed by atoms with Gasteiger partial charge in [-0.15, -0.1) is 11.8 Å². The van der Waals surface area contributed by atoms with Gasteiger partial charge in [0.05, 0.1) is 0 Å². The standard InChI is InChI=1S/C19H18S/c1-15-6-4-10-18(14-15)16-8-5-9-17-7-2-3-11-19(17)20-13-12-16/h2-8,10-12,14H,9,13H2,1H3. The Balaban J connectivity index is 1.91. The van der Waals surface area contributed by atoms with E-state index in [0.717, 1.165) is 12.2 Å². The Morgan fingerprint density at radius 1 is 1.00 bits per heavy atom. The number of allylic oxidation sites excluding steroid dienone is 3. The molecular formula is C19H18S. The Bertz CT molecular complexity index is 665. The second-order valence-corrected chi connectivity index (χ2v) is 6.12. The van der Waals surface area contributed by atoms with Crippen LogP contribution in [-0.4, -0.2) is 5.75 Å². The van der Waals surface area contributed by atoms with Crippen molar-refractivity contribution in [1.82, 2.24) is 0 Å². The molecular weight excluding hydrogens is 260 g/mol. The van der Waals surface area contributed by atoms with Crippen molar-refractivity contribution in [3.63, 3.8) is 0 Å². The van der Waals surface area contributed by atoms with Crippen LogP contribution >= 0.6 is 11.8 Å². The molecule has 0 saturated carbocycles. The maximum absolute atomic E-state index is 2.33. The van der Waals surface area contributed by atoms with Gasteiger partial charge in [0.15, 0.2) is 0 Å². The lowest BCUT2D eigenvalue weighted by atomic mass is 10.0. The first-order valence-electron chi connectivity index (χ1n) is 6.97. The molecule has 1 heterocycles. The Morgan fingerprint density at radius 2 is 1.90 bits per heavy atom. The number of fused-ring (bicyclic) bond motifs is 1. The lowest BCUT2D eigenvalue weighted by Gasteiger charge is -2.04. The molecule has 0 bridgehead atoms. The van der Waals surface area contributed by atoms with Gasteiger partial charge in [-0.2, -0.15) is 0 Å². The largest absolute Gasteiger partial charge is 0.122 e. The number of benzene rings is 2. The smallest absolute Gasteiger partial charge is 0.0170 e. The van der Waals surface area contributed by atoms with E-state index in [9.17, 15) is 0 Å². The average molecular weight is 278 g/mol. The molecule has 0 saturated heterocycles. The molecule has 0 atom stereocenters. The van der Waals surface area contributed by atoms with Gasteiger partial charge in [-0.3, -0.25) is 0 Å². The monoisotopic (exact) mass is 278 g/mol. The van der Waals surface area contributed by atoms with Crippen molar-refractivity contribution >= 4 is 17.3 Å². The fraction of sp³-hybridized carbons (Fsp3) is 0.158. The highest BCUT2D eigenvalue weighted by Crippen LogP contribution is 2.27. The quantitative estimate of drug-likeness (QED) is 0.683. The highest BCUT2D eigenvalue weighted by molar-refractivity contribution is 7.99. The number of aryl methyl sites for hydroxylation is 1. The van der Waals surface area contributed by atoms with Gasteiger partial charge in [-0.1, -0.05) is 66.3 Å². The van der Waals surface area contributed by atoms with Crippen LogP contribution in [0, 0.1) is 6.92 Å². The molecule has 2 aromatic carbocycles. The molecule has 0 aliphatic carbocycles. The second kappa shape index (κ2) is 6.15. The summed E-state index contributed by atoms with van der Waals surface area (Å²) >= 11 is 1.92. The Labute approximate surface area is 125 Å². The summed E-state index contributed by atoms with van der Waals surface area (Å²) in [5.74, 6) is 1.02.